The Balaban J connectivity index is 1.63. The monoisotopic (exact) mass is 587 g/mol. The molecule has 0 saturated carbocycles. The van der Waals surface area contributed by atoms with Gasteiger partial charge < -0.3 is 21.5 Å². The van der Waals surface area contributed by atoms with Crippen LogP contribution in [0.5, 0.6) is 0 Å². The highest BCUT2D eigenvalue weighted by Gasteiger charge is 2.30. The van der Waals surface area contributed by atoms with Crippen molar-refractivity contribution >= 4 is 29.5 Å². The summed E-state index contributed by atoms with van der Waals surface area (Å²) in [6, 6.07) is 19.2. The molecule has 3 rings (SSSR count). The van der Waals surface area contributed by atoms with E-state index in [4.69, 9.17) is 10.8 Å². The summed E-state index contributed by atoms with van der Waals surface area (Å²) < 4.78 is 39.2. The summed E-state index contributed by atoms with van der Waals surface area (Å²) in [5.41, 5.74) is 7.66. The fourth-order valence-corrected chi connectivity index (χ4v) is 4.98. The smallest absolute Gasteiger partial charge is 0.416 e. The Morgan fingerprint density at radius 2 is 1.61 bits per heavy atom. The maximum atomic E-state index is 13.1. The average Bonchev–Trinajstić information content (AvgIpc) is 2.95. The molecule has 7 nitrogen and oxygen atoms in total. The predicted octanol–water partition coefficient (Wildman–Crippen LogP) is 5.16. The van der Waals surface area contributed by atoms with Gasteiger partial charge >= 0.3 is 12.1 Å². The lowest BCUT2D eigenvalue weighted by molar-refractivity contribution is -0.139. The van der Waals surface area contributed by atoms with Gasteiger partial charge in [0.15, 0.2) is 0 Å². The van der Waals surface area contributed by atoms with E-state index < -0.39 is 35.7 Å². The van der Waals surface area contributed by atoms with E-state index in [0.717, 1.165) is 23.3 Å². The quantitative estimate of drug-likeness (QED) is 0.219. The maximum Gasteiger partial charge on any atom is 0.416 e. The van der Waals surface area contributed by atoms with E-state index in [-0.39, 0.29) is 30.5 Å². The van der Waals surface area contributed by atoms with Gasteiger partial charge in [-0.05, 0) is 47.7 Å². The number of halogens is 3. The number of aliphatic carboxylic acids is 1. The second kappa shape index (κ2) is 14.7. The number of carboxylic acid groups (broad SMARTS) is 1. The average molecular weight is 588 g/mol. The van der Waals surface area contributed by atoms with Crippen LogP contribution in [0.1, 0.15) is 42.5 Å². The van der Waals surface area contributed by atoms with Gasteiger partial charge in [0.1, 0.15) is 12.1 Å². The minimum Gasteiger partial charge on any atom is -0.480 e. The molecule has 0 aromatic heterocycles. The van der Waals surface area contributed by atoms with Gasteiger partial charge in [-0.2, -0.15) is 24.9 Å². The van der Waals surface area contributed by atoms with E-state index in [1.54, 1.807) is 30.3 Å². The Labute approximate surface area is 240 Å². The Hall–Kier alpha value is -3.83. The zero-order valence-corrected chi connectivity index (χ0v) is 23.2. The molecule has 3 aromatic rings. The summed E-state index contributed by atoms with van der Waals surface area (Å²) in [7, 11) is 0. The van der Waals surface area contributed by atoms with Gasteiger partial charge in [0.25, 0.3) is 0 Å². The number of carboxylic acids is 1. The molecule has 0 aliphatic rings. The van der Waals surface area contributed by atoms with Crippen molar-refractivity contribution in [2.75, 3.05) is 5.75 Å². The van der Waals surface area contributed by atoms with Crippen molar-refractivity contribution in [3.05, 3.63) is 95.6 Å². The molecule has 0 spiro atoms. The third-order valence-corrected chi connectivity index (χ3v) is 7.45. The van der Waals surface area contributed by atoms with Gasteiger partial charge in [-0.15, -0.1) is 0 Å². The van der Waals surface area contributed by atoms with Crippen molar-refractivity contribution in [1.82, 2.24) is 10.6 Å². The van der Waals surface area contributed by atoms with Crippen LogP contribution in [-0.4, -0.2) is 40.7 Å². The second-order valence-corrected chi connectivity index (χ2v) is 10.6. The minimum atomic E-state index is -4.42. The number of alkyl halides is 3. The zero-order chi connectivity index (χ0) is 30.0. The van der Waals surface area contributed by atoms with E-state index in [9.17, 15) is 27.6 Å². The number of nitrogens with two attached hydrogens (primary N) is 1. The molecule has 0 fully saturated rings. The van der Waals surface area contributed by atoms with Crippen molar-refractivity contribution in [2.45, 2.75) is 49.8 Å². The zero-order valence-electron chi connectivity index (χ0n) is 22.4. The summed E-state index contributed by atoms with van der Waals surface area (Å²) >= 11 is 1.40. The van der Waals surface area contributed by atoms with Gasteiger partial charge in [0.2, 0.25) is 11.8 Å². The molecule has 11 heteroatoms. The Morgan fingerprint density at radius 1 is 0.927 bits per heavy atom. The molecule has 3 atom stereocenters. The number of benzene rings is 3. The molecule has 218 valence electrons. The summed E-state index contributed by atoms with van der Waals surface area (Å²) in [6.45, 7) is 1.83. The van der Waals surface area contributed by atoms with Crippen LogP contribution in [0, 0.1) is 0 Å². The molecule has 2 amide bonds. The maximum absolute atomic E-state index is 13.1. The highest BCUT2D eigenvalue weighted by molar-refractivity contribution is 7.98. The number of amides is 2. The van der Waals surface area contributed by atoms with Gasteiger partial charge in [-0.1, -0.05) is 66.7 Å². The SMILES string of the molecule is C[C@H](NC(=O)[C@H](CSCc1ccc(-c2cccc(C(F)(F)F)c2)cc1)NC(=O)CC[C@H](N)C(=O)O)c1ccccc1. The van der Waals surface area contributed by atoms with Crippen LogP contribution in [0.3, 0.4) is 0 Å². The van der Waals surface area contributed by atoms with Crippen LogP contribution >= 0.6 is 11.8 Å². The van der Waals surface area contributed by atoms with Gasteiger partial charge in [-0.3, -0.25) is 14.4 Å². The minimum absolute atomic E-state index is 0.0682. The molecule has 41 heavy (non-hydrogen) atoms. The molecular formula is C30H32F3N3O4S. The van der Waals surface area contributed by atoms with Crippen LogP contribution in [-0.2, 0) is 26.3 Å². The number of nitrogens with one attached hydrogen (secondary N) is 2. The summed E-state index contributed by atoms with van der Waals surface area (Å²) in [5, 5.41) is 14.6. The van der Waals surface area contributed by atoms with E-state index in [0.29, 0.717) is 16.9 Å². The van der Waals surface area contributed by atoms with Crippen LogP contribution in [0.25, 0.3) is 11.1 Å². The van der Waals surface area contributed by atoms with Gasteiger partial charge in [-0.25, -0.2) is 0 Å². The molecule has 0 saturated heterocycles. The molecular weight excluding hydrogens is 555 g/mol. The van der Waals surface area contributed by atoms with Crippen LogP contribution in [0.2, 0.25) is 0 Å². The first-order valence-electron chi connectivity index (χ1n) is 12.9. The lowest BCUT2D eigenvalue weighted by Crippen LogP contribution is -2.49. The van der Waals surface area contributed by atoms with Crippen LogP contribution in [0.15, 0.2) is 78.9 Å². The molecule has 5 N–H and O–H groups in total. The predicted molar refractivity (Wildman–Crippen MR) is 153 cm³/mol. The number of hydrogen-bond donors (Lipinski definition) is 4. The lowest BCUT2D eigenvalue weighted by atomic mass is 10.0. The number of carbonyl (C=O) groups excluding carboxylic acids is 2. The topological polar surface area (TPSA) is 122 Å². The Bertz CT molecular complexity index is 1320. The van der Waals surface area contributed by atoms with Crippen molar-refractivity contribution in [2.24, 2.45) is 5.73 Å². The number of thioether (sulfide) groups is 1. The van der Waals surface area contributed by atoms with Crippen LogP contribution < -0.4 is 16.4 Å². The number of rotatable bonds is 13. The third kappa shape index (κ3) is 9.94. The van der Waals surface area contributed by atoms with E-state index in [1.165, 1.54) is 17.8 Å². The highest BCUT2D eigenvalue weighted by atomic mass is 32.2. The molecule has 0 aliphatic carbocycles. The Kier molecular flexibility index (Phi) is 11.4. The van der Waals surface area contributed by atoms with Crippen molar-refractivity contribution < 1.29 is 32.7 Å². The molecule has 0 radical (unpaired) electrons. The fraction of sp³-hybridized carbons (Fsp3) is 0.300. The molecule has 0 unspecified atom stereocenters. The fourth-order valence-electron chi connectivity index (χ4n) is 3.96. The first-order valence-corrected chi connectivity index (χ1v) is 14.1. The molecule has 0 heterocycles. The van der Waals surface area contributed by atoms with Crippen molar-refractivity contribution in [3.63, 3.8) is 0 Å². The molecule has 0 bridgehead atoms. The largest absolute Gasteiger partial charge is 0.480 e. The van der Waals surface area contributed by atoms with Gasteiger partial charge in [0, 0.05) is 17.9 Å². The van der Waals surface area contributed by atoms with E-state index >= 15 is 0 Å². The second-order valence-electron chi connectivity index (χ2n) is 9.54. The first kappa shape index (κ1) is 31.7. The van der Waals surface area contributed by atoms with Crippen molar-refractivity contribution in [3.8, 4) is 11.1 Å². The summed E-state index contributed by atoms with van der Waals surface area (Å²) in [4.78, 5) is 36.6. The summed E-state index contributed by atoms with van der Waals surface area (Å²) in [6.07, 6.45) is -4.64. The third-order valence-electron chi connectivity index (χ3n) is 6.34. The van der Waals surface area contributed by atoms with Crippen molar-refractivity contribution in [1.29, 1.82) is 0 Å². The summed E-state index contributed by atoms with van der Waals surface area (Å²) in [5.74, 6) is -1.36. The number of hydrogen-bond acceptors (Lipinski definition) is 5. The molecule has 0 aliphatic heterocycles. The lowest BCUT2D eigenvalue weighted by Gasteiger charge is -2.22. The van der Waals surface area contributed by atoms with E-state index in [2.05, 4.69) is 10.6 Å². The van der Waals surface area contributed by atoms with E-state index in [1.807, 2.05) is 37.3 Å². The number of carbonyl (C=O) groups is 3. The molecule has 3 aromatic carbocycles. The Morgan fingerprint density at radius 3 is 2.24 bits per heavy atom. The standard InChI is InChI=1S/C30H32F3N3O4S/c1-19(21-6-3-2-4-7-21)35-28(38)26(36-27(37)15-14-25(34)29(39)40)18-41-17-20-10-12-22(13-11-20)23-8-5-9-24(16-23)30(31,32)33/h2-13,16,19,25-26H,14-15,17-18,34H2,1H3,(H,35,38)(H,36,37)(H,39,40)/t19-,25-,26-/m0/s1. The highest BCUT2D eigenvalue weighted by Crippen LogP contribution is 2.32. The first-order chi connectivity index (χ1) is 19.4. The van der Waals surface area contributed by atoms with Crippen LogP contribution in [0.4, 0.5) is 13.2 Å². The normalized spacial score (nSPS) is 13.6. The van der Waals surface area contributed by atoms with Gasteiger partial charge in [0.05, 0.1) is 11.6 Å².